The molecular formula is C15H20FN3O. The van der Waals surface area contributed by atoms with Gasteiger partial charge in [-0.2, -0.15) is 0 Å². The zero-order chi connectivity index (χ0) is 14.0. The van der Waals surface area contributed by atoms with Crippen LogP contribution in [0.25, 0.3) is 0 Å². The Kier molecular flexibility index (Phi) is 3.70. The number of halogens is 1. The minimum absolute atomic E-state index is 0.0617. The quantitative estimate of drug-likeness (QED) is 0.853. The Bertz CT molecular complexity index is 474. The lowest BCUT2D eigenvalue weighted by Gasteiger charge is -2.49. The Morgan fingerprint density at radius 2 is 2.10 bits per heavy atom. The van der Waals surface area contributed by atoms with Crippen LogP contribution >= 0.6 is 0 Å². The molecule has 5 heteroatoms. The SMILES string of the molecule is O=C(c1ccc(F)cn1)N1CCNCC12CCCCC2. The van der Waals surface area contributed by atoms with Crippen molar-refractivity contribution in [2.24, 2.45) is 0 Å². The molecule has 0 atom stereocenters. The van der Waals surface area contributed by atoms with Crippen LogP contribution in [0.1, 0.15) is 42.6 Å². The molecule has 3 rings (SSSR count). The molecule has 20 heavy (non-hydrogen) atoms. The maximum atomic E-state index is 12.9. The monoisotopic (exact) mass is 277 g/mol. The first-order valence-electron chi connectivity index (χ1n) is 7.36. The van der Waals surface area contributed by atoms with Crippen molar-refractivity contribution >= 4 is 5.91 Å². The molecule has 1 saturated carbocycles. The Balaban J connectivity index is 1.85. The summed E-state index contributed by atoms with van der Waals surface area (Å²) in [6.07, 6.45) is 6.80. The molecule has 1 aromatic heterocycles. The van der Waals surface area contributed by atoms with Gasteiger partial charge in [-0.05, 0) is 25.0 Å². The number of aromatic nitrogens is 1. The van der Waals surface area contributed by atoms with Crippen LogP contribution in [0.2, 0.25) is 0 Å². The van der Waals surface area contributed by atoms with Crippen LogP contribution in [0.15, 0.2) is 18.3 Å². The summed E-state index contributed by atoms with van der Waals surface area (Å²) >= 11 is 0. The van der Waals surface area contributed by atoms with Crippen LogP contribution in [0.3, 0.4) is 0 Å². The number of rotatable bonds is 1. The molecule has 1 aliphatic heterocycles. The Hall–Kier alpha value is -1.49. The summed E-state index contributed by atoms with van der Waals surface area (Å²) in [5.74, 6) is -0.470. The molecule has 2 fully saturated rings. The minimum atomic E-state index is -0.408. The number of amides is 1. The van der Waals surface area contributed by atoms with Crippen molar-refractivity contribution in [2.45, 2.75) is 37.6 Å². The van der Waals surface area contributed by atoms with Crippen LogP contribution < -0.4 is 5.32 Å². The number of nitrogens with zero attached hydrogens (tertiary/aromatic N) is 2. The molecule has 1 N–H and O–H groups in total. The second-order valence-electron chi connectivity index (χ2n) is 5.78. The van der Waals surface area contributed by atoms with E-state index in [4.69, 9.17) is 0 Å². The molecule has 1 amide bonds. The number of hydrogen-bond donors (Lipinski definition) is 1. The molecule has 2 heterocycles. The molecule has 4 nitrogen and oxygen atoms in total. The lowest BCUT2D eigenvalue weighted by molar-refractivity contribution is 0.0217. The smallest absolute Gasteiger partial charge is 0.272 e. The molecule has 0 aromatic carbocycles. The topological polar surface area (TPSA) is 45.2 Å². The average molecular weight is 277 g/mol. The zero-order valence-electron chi connectivity index (χ0n) is 11.6. The third kappa shape index (κ3) is 2.42. The molecule has 108 valence electrons. The van der Waals surface area contributed by atoms with Gasteiger partial charge in [0.05, 0.1) is 11.7 Å². The van der Waals surface area contributed by atoms with E-state index in [1.54, 1.807) is 0 Å². The number of pyridine rings is 1. The van der Waals surface area contributed by atoms with Crippen LogP contribution in [0.5, 0.6) is 0 Å². The second kappa shape index (κ2) is 5.48. The summed E-state index contributed by atoms with van der Waals surface area (Å²) in [6, 6.07) is 2.78. The third-order valence-corrected chi connectivity index (χ3v) is 4.51. The fourth-order valence-electron chi connectivity index (χ4n) is 3.46. The van der Waals surface area contributed by atoms with E-state index in [9.17, 15) is 9.18 Å². The van der Waals surface area contributed by atoms with Gasteiger partial charge in [-0.1, -0.05) is 19.3 Å². The van der Waals surface area contributed by atoms with Crippen molar-refractivity contribution in [3.8, 4) is 0 Å². The molecule has 0 unspecified atom stereocenters. The number of carbonyl (C=O) groups is 1. The van der Waals surface area contributed by atoms with Gasteiger partial charge in [-0.3, -0.25) is 4.79 Å². The average Bonchev–Trinajstić information content (AvgIpc) is 2.49. The van der Waals surface area contributed by atoms with E-state index in [1.165, 1.54) is 31.4 Å². The van der Waals surface area contributed by atoms with Gasteiger partial charge in [0.2, 0.25) is 0 Å². The Morgan fingerprint density at radius 1 is 1.30 bits per heavy atom. The van der Waals surface area contributed by atoms with Crippen LogP contribution in [0.4, 0.5) is 4.39 Å². The highest BCUT2D eigenvalue weighted by Gasteiger charge is 2.42. The van der Waals surface area contributed by atoms with Gasteiger partial charge < -0.3 is 10.2 Å². The van der Waals surface area contributed by atoms with Gasteiger partial charge in [0, 0.05) is 19.6 Å². The predicted molar refractivity (Wildman–Crippen MR) is 73.9 cm³/mol. The van der Waals surface area contributed by atoms with Gasteiger partial charge >= 0.3 is 0 Å². The van der Waals surface area contributed by atoms with Gasteiger partial charge in [0.25, 0.3) is 5.91 Å². The molecule has 1 spiro atoms. The van der Waals surface area contributed by atoms with Crippen LogP contribution in [0, 0.1) is 5.82 Å². The van der Waals surface area contributed by atoms with Crippen molar-refractivity contribution in [3.63, 3.8) is 0 Å². The van der Waals surface area contributed by atoms with E-state index >= 15 is 0 Å². The number of carbonyl (C=O) groups excluding carboxylic acids is 1. The van der Waals surface area contributed by atoms with E-state index in [1.807, 2.05) is 4.90 Å². The maximum Gasteiger partial charge on any atom is 0.272 e. The van der Waals surface area contributed by atoms with Crippen molar-refractivity contribution in [2.75, 3.05) is 19.6 Å². The molecule has 0 bridgehead atoms. The largest absolute Gasteiger partial charge is 0.329 e. The van der Waals surface area contributed by atoms with Crippen molar-refractivity contribution in [1.82, 2.24) is 15.2 Å². The molecule has 1 aromatic rings. The summed E-state index contributed by atoms with van der Waals surface area (Å²) < 4.78 is 12.9. The number of nitrogens with one attached hydrogen (secondary N) is 1. The van der Waals surface area contributed by atoms with Gasteiger partial charge in [0.15, 0.2) is 0 Å². The van der Waals surface area contributed by atoms with E-state index < -0.39 is 5.82 Å². The van der Waals surface area contributed by atoms with Crippen molar-refractivity contribution in [3.05, 3.63) is 29.8 Å². The van der Waals surface area contributed by atoms with E-state index in [0.29, 0.717) is 12.2 Å². The molecule has 0 radical (unpaired) electrons. The standard InChI is InChI=1S/C15H20FN3O/c16-12-4-5-13(18-10-12)14(20)19-9-8-17-11-15(19)6-2-1-3-7-15/h4-5,10,17H,1-3,6-9,11H2. The van der Waals surface area contributed by atoms with Gasteiger partial charge in [0.1, 0.15) is 11.5 Å². The number of piperazine rings is 1. The van der Waals surface area contributed by atoms with Crippen molar-refractivity contribution < 1.29 is 9.18 Å². The lowest BCUT2D eigenvalue weighted by Crippen LogP contribution is -2.63. The van der Waals surface area contributed by atoms with Crippen LogP contribution in [-0.4, -0.2) is 41.0 Å². The normalized spacial score (nSPS) is 21.9. The maximum absolute atomic E-state index is 12.9. The van der Waals surface area contributed by atoms with Gasteiger partial charge in [-0.15, -0.1) is 0 Å². The van der Waals surface area contributed by atoms with Crippen molar-refractivity contribution in [1.29, 1.82) is 0 Å². The number of hydrogen-bond acceptors (Lipinski definition) is 3. The first-order valence-corrected chi connectivity index (χ1v) is 7.36. The highest BCUT2D eigenvalue weighted by Crippen LogP contribution is 2.35. The summed E-state index contributed by atoms with van der Waals surface area (Å²) in [7, 11) is 0. The zero-order valence-corrected chi connectivity index (χ0v) is 11.6. The van der Waals surface area contributed by atoms with Crippen LogP contribution in [-0.2, 0) is 0 Å². The third-order valence-electron chi connectivity index (χ3n) is 4.51. The first-order chi connectivity index (χ1) is 9.71. The summed E-state index contributed by atoms with van der Waals surface area (Å²) in [5.41, 5.74) is 0.280. The lowest BCUT2D eigenvalue weighted by atomic mass is 9.79. The highest BCUT2D eigenvalue weighted by molar-refractivity contribution is 5.93. The molecule has 1 aliphatic carbocycles. The second-order valence-corrected chi connectivity index (χ2v) is 5.78. The highest BCUT2D eigenvalue weighted by atomic mass is 19.1. The Morgan fingerprint density at radius 3 is 2.80 bits per heavy atom. The summed E-state index contributed by atoms with van der Waals surface area (Å²) in [6.45, 7) is 2.38. The van der Waals surface area contributed by atoms with E-state index in [2.05, 4.69) is 10.3 Å². The first kappa shape index (κ1) is 13.5. The molecular weight excluding hydrogens is 257 g/mol. The predicted octanol–water partition coefficient (Wildman–Crippen LogP) is 1.97. The molecule has 1 saturated heterocycles. The summed E-state index contributed by atoms with van der Waals surface area (Å²) in [5, 5.41) is 3.42. The Labute approximate surface area is 118 Å². The van der Waals surface area contributed by atoms with E-state index in [-0.39, 0.29) is 11.4 Å². The summed E-state index contributed by atoms with van der Waals surface area (Å²) in [4.78, 5) is 18.6. The van der Waals surface area contributed by atoms with Gasteiger partial charge in [-0.25, -0.2) is 9.37 Å². The fraction of sp³-hybridized carbons (Fsp3) is 0.600. The van der Waals surface area contributed by atoms with E-state index in [0.717, 1.165) is 32.1 Å². The molecule has 2 aliphatic rings. The minimum Gasteiger partial charge on any atom is -0.329 e. The fourth-order valence-corrected chi connectivity index (χ4v) is 3.46.